The van der Waals surface area contributed by atoms with Crippen molar-refractivity contribution in [3.05, 3.63) is 71.7 Å². The summed E-state index contributed by atoms with van der Waals surface area (Å²) in [7, 11) is 1.64. The van der Waals surface area contributed by atoms with Crippen LogP contribution < -0.4 is 10.1 Å². The zero-order valence-electron chi connectivity index (χ0n) is 15.4. The quantitative estimate of drug-likeness (QED) is 0.657. The maximum Gasteiger partial charge on any atom is 0.161 e. The molecule has 1 fully saturated rings. The van der Waals surface area contributed by atoms with E-state index in [9.17, 15) is 4.39 Å². The third-order valence-corrected chi connectivity index (χ3v) is 4.94. The molecule has 27 heavy (non-hydrogen) atoms. The maximum absolute atomic E-state index is 13.7. The van der Waals surface area contributed by atoms with Crippen LogP contribution in [0.2, 0.25) is 0 Å². The Morgan fingerprint density at radius 1 is 1.11 bits per heavy atom. The molecule has 1 heterocycles. The molecule has 0 bridgehead atoms. The van der Waals surface area contributed by atoms with Crippen LogP contribution in [0.1, 0.15) is 30.0 Å². The van der Waals surface area contributed by atoms with E-state index in [0.717, 1.165) is 22.7 Å². The zero-order chi connectivity index (χ0) is 18.8. The summed E-state index contributed by atoms with van der Waals surface area (Å²) >= 11 is 0. The first-order valence-corrected chi connectivity index (χ1v) is 9.14. The molecule has 1 N–H and O–H groups in total. The van der Waals surface area contributed by atoms with Crippen LogP contribution in [-0.2, 0) is 0 Å². The van der Waals surface area contributed by atoms with Gasteiger partial charge >= 0.3 is 0 Å². The van der Waals surface area contributed by atoms with Crippen molar-refractivity contribution < 1.29 is 9.13 Å². The Labute approximate surface area is 158 Å². The van der Waals surface area contributed by atoms with Gasteiger partial charge in [0.2, 0.25) is 0 Å². The number of nitrogens with one attached hydrogen (secondary N) is 1. The fourth-order valence-electron chi connectivity index (χ4n) is 3.24. The molecule has 0 spiro atoms. The molecule has 4 rings (SSSR count). The third-order valence-electron chi connectivity index (χ3n) is 4.94. The van der Waals surface area contributed by atoms with E-state index in [0.29, 0.717) is 17.3 Å². The molecule has 1 unspecified atom stereocenters. The number of hydrogen-bond acceptors (Lipinski definition) is 4. The van der Waals surface area contributed by atoms with E-state index < -0.39 is 0 Å². The van der Waals surface area contributed by atoms with Gasteiger partial charge in [-0.2, -0.15) is 0 Å². The normalized spacial score (nSPS) is 14.6. The van der Waals surface area contributed by atoms with Gasteiger partial charge in [0.25, 0.3) is 0 Å². The summed E-state index contributed by atoms with van der Waals surface area (Å²) in [4.78, 5) is 9.07. The first-order valence-electron chi connectivity index (χ1n) is 9.14. The highest BCUT2D eigenvalue weighted by molar-refractivity contribution is 5.58. The second kappa shape index (κ2) is 7.35. The van der Waals surface area contributed by atoms with E-state index in [1.807, 2.05) is 42.5 Å². The van der Waals surface area contributed by atoms with Gasteiger partial charge in [-0.25, -0.2) is 14.4 Å². The van der Waals surface area contributed by atoms with Crippen molar-refractivity contribution in [3.63, 3.8) is 0 Å². The largest absolute Gasteiger partial charge is 0.497 e. The molecular formula is C22H22FN3O. The SMILES string of the molecule is COc1ccc(-c2nccc(NC(c3ccc(F)c(C)c3)C3CC3)n2)cc1. The van der Waals surface area contributed by atoms with Crippen LogP contribution in [0.5, 0.6) is 5.75 Å². The Morgan fingerprint density at radius 3 is 2.56 bits per heavy atom. The maximum atomic E-state index is 13.7. The van der Waals surface area contributed by atoms with Gasteiger partial charge in [0.15, 0.2) is 5.82 Å². The van der Waals surface area contributed by atoms with Crippen molar-refractivity contribution in [2.45, 2.75) is 25.8 Å². The summed E-state index contributed by atoms with van der Waals surface area (Å²) in [5.74, 6) is 2.61. The predicted octanol–water partition coefficient (Wildman–Crippen LogP) is 5.16. The van der Waals surface area contributed by atoms with Crippen LogP contribution in [0, 0.1) is 18.7 Å². The molecule has 1 atom stereocenters. The number of anilines is 1. The highest BCUT2D eigenvalue weighted by Gasteiger charge is 2.32. The Balaban J connectivity index is 1.59. The predicted molar refractivity (Wildman–Crippen MR) is 104 cm³/mol. The average molecular weight is 363 g/mol. The lowest BCUT2D eigenvalue weighted by atomic mass is 10.00. The minimum Gasteiger partial charge on any atom is -0.497 e. The van der Waals surface area contributed by atoms with Crippen molar-refractivity contribution in [3.8, 4) is 17.1 Å². The fourth-order valence-corrected chi connectivity index (χ4v) is 3.24. The first-order chi connectivity index (χ1) is 13.1. The van der Waals surface area contributed by atoms with E-state index >= 15 is 0 Å². The number of rotatable bonds is 6. The van der Waals surface area contributed by atoms with E-state index in [1.54, 1.807) is 26.3 Å². The van der Waals surface area contributed by atoms with Gasteiger partial charge in [-0.1, -0.05) is 12.1 Å². The second-order valence-electron chi connectivity index (χ2n) is 6.96. The van der Waals surface area contributed by atoms with E-state index in [2.05, 4.69) is 15.3 Å². The average Bonchev–Trinajstić information content (AvgIpc) is 3.54. The van der Waals surface area contributed by atoms with Gasteiger partial charge < -0.3 is 10.1 Å². The summed E-state index contributed by atoms with van der Waals surface area (Å²) in [6, 6.07) is 15.0. The molecule has 1 aliphatic rings. The number of aryl methyl sites for hydroxylation is 1. The number of methoxy groups -OCH3 is 1. The van der Waals surface area contributed by atoms with Gasteiger partial charge in [-0.15, -0.1) is 0 Å². The van der Waals surface area contributed by atoms with Gasteiger partial charge in [-0.05, 0) is 73.2 Å². The summed E-state index contributed by atoms with van der Waals surface area (Å²) in [6.07, 6.45) is 4.10. The van der Waals surface area contributed by atoms with Crippen LogP contribution >= 0.6 is 0 Å². The number of nitrogens with zero attached hydrogens (tertiary/aromatic N) is 2. The van der Waals surface area contributed by atoms with Gasteiger partial charge in [0.1, 0.15) is 17.4 Å². The van der Waals surface area contributed by atoms with Gasteiger partial charge in [0, 0.05) is 11.8 Å². The highest BCUT2D eigenvalue weighted by Crippen LogP contribution is 2.43. The lowest BCUT2D eigenvalue weighted by molar-refractivity contribution is 0.415. The van der Waals surface area contributed by atoms with Crippen LogP contribution in [0.3, 0.4) is 0 Å². The van der Waals surface area contributed by atoms with Crippen molar-refractivity contribution >= 4 is 5.82 Å². The monoisotopic (exact) mass is 363 g/mol. The Bertz CT molecular complexity index is 939. The van der Waals surface area contributed by atoms with E-state index in [4.69, 9.17) is 4.74 Å². The molecule has 1 saturated carbocycles. The van der Waals surface area contributed by atoms with Gasteiger partial charge in [0.05, 0.1) is 13.2 Å². The van der Waals surface area contributed by atoms with Crippen LogP contribution in [0.25, 0.3) is 11.4 Å². The molecule has 3 aromatic rings. The fraction of sp³-hybridized carbons (Fsp3) is 0.273. The molecule has 5 heteroatoms. The molecule has 0 saturated heterocycles. The number of benzene rings is 2. The topological polar surface area (TPSA) is 47.0 Å². The van der Waals surface area contributed by atoms with E-state index in [-0.39, 0.29) is 11.9 Å². The van der Waals surface area contributed by atoms with E-state index in [1.165, 1.54) is 12.8 Å². The minimum absolute atomic E-state index is 0.128. The molecule has 4 nitrogen and oxygen atoms in total. The first kappa shape index (κ1) is 17.5. The lowest BCUT2D eigenvalue weighted by Gasteiger charge is -2.20. The third kappa shape index (κ3) is 3.92. The summed E-state index contributed by atoms with van der Waals surface area (Å²) < 4.78 is 18.9. The Kier molecular flexibility index (Phi) is 4.75. The smallest absolute Gasteiger partial charge is 0.161 e. The Morgan fingerprint density at radius 2 is 1.89 bits per heavy atom. The molecule has 0 aliphatic heterocycles. The van der Waals surface area contributed by atoms with Crippen molar-refractivity contribution in [1.82, 2.24) is 9.97 Å². The highest BCUT2D eigenvalue weighted by atomic mass is 19.1. The van der Waals surface area contributed by atoms with Crippen LogP contribution in [0.4, 0.5) is 10.2 Å². The van der Waals surface area contributed by atoms with Gasteiger partial charge in [-0.3, -0.25) is 0 Å². The minimum atomic E-state index is -0.169. The molecule has 0 radical (unpaired) electrons. The number of halogens is 1. The van der Waals surface area contributed by atoms with Crippen LogP contribution in [0.15, 0.2) is 54.7 Å². The molecule has 0 amide bonds. The molecule has 2 aromatic carbocycles. The molecule has 138 valence electrons. The van der Waals surface area contributed by atoms with Crippen molar-refractivity contribution in [2.75, 3.05) is 12.4 Å². The number of ether oxygens (including phenoxy) is 1. The summed E-state index contributed by atoms with van der Waals surface area (Å²) in [5, 5.41) is 3.54. The summed E-state index contributed by atoms with van der Waals surface area (Å²) in [6.45, 7) is 1.80. The zero-order valence-corrected chi connectivity index (χ0v) is 15.4. The Hall–Kier alpha value is -2.95. The standard InChI is InChI=1S/C22H22FN3O/c1-14-13-17(7-10-19(14)23)21(15-3-4-15)25-20-11-12-24-22(26-20)16-5-8-18(27-2)9-6-16/h5-13,15,21H,3-4H2,1-2H3,(H,24,25,26). The summed E-state index contributed by atoms with van der Waals surface area (Å²) in [5.41, 5.74) is 2.70. The number of hydrogen-bond donors (Lipinski definition) is 1. The number of aromatic nitrogens is 2. The molecular weight excluding hydrogens is 341 g/mol. The second-order valence-corrected chi connectivity index (χ2v) is 6.96. The lowest BCUT2D eigenvalue weighted by Crippen LogP contribution is -2.14. The molecule has 1 aliphatic carbocycles. The van der Waals surface area contributed by atoms with Crippen LogP contribution in [-0.4, -0.2) is 17.1 Å². The molecule has 1 aromatic heterocycles. The van der Waals surface area contributed by atoms with Crippen molar-refractivity contribution in [2.24, 2.45) is 5.92 Å². The van der Waals surface area contributed by atoms with Crippen molar-refractivity contribution in [1.29, 1.82) is 0 Å².